The highest BCUT2D eigenvalue weighted by molar-refractivity contribution is 7.89. The molecule has 0 amide bonds. The maximum atomic E-state index is 13.1. The second kappa shape index (κ2) is 5.89. The van der Waals surface area contributed by atoms with Crippen LogP contribution in [0.5, 0.6) is 0 Å². The molecule has 0 radical (unpaired) electrons. The number of alkyl halides is 3. The number of rotatable bonds is 5. The van der Waals surface area contributed by atoms with E-state index in [4.69, 9.17) is 0 Å². The Kier molecular flexibility index (Phi) is 4.16. The predicted molar refractivity (Wildman–Crippen MR) is 80.4 cm³/mol. The number of sulfonamides is 1. The summed E-state index contributed by atoms with van der Waals surface area (Å²) < 4.78 is 68.6. The van der Waals surface area contributed by atoms with Gasteiger partial charge in [0.15, 0.2) is 0 Å². The minimum Gasteiger partial charge on any atom is -0.337 e. The van der Waals surface area contributed by atoms with E-state index >= 15 is 0 Å². The average Bonchev–Trinajstić information content (AvgIpc) is 3.26. The number of nitrogens with one attached hydrogen (secondary N) is 1. The first kappa shape index (κ1) is 17.0. The lowest BCUT2D eigenvalue weighted by molar-refractivity contribution is -0.139. The van der Waals surface area contributed by atoms with Crippen LogP contribution in [0.3, 0.4) is 0 Å². The molecule has 0 bridgehead atoms. The zero-order valence-corrected chi connectivity index (χ0v) is 13.6. The Morgan fingerprint density at radius 3 is 2.50 bits per heavy atom. The quantitative estimate of drug-likeness (QED) is 0.893. The van der Waals surface area contributed by atoms with Crippen LogP contribution in [0.2, 0.25) is 0 Å². The minimum absolute atomic E-state index is 0.0407. The highest BCUT2D eigenvalue weighted by Crippen LogP contribution is 2.42. The monoisotopic (exact) mass is 359 g/mol. The molecule has 0 aliphatic heterocycles. The Morgan fingerprint density at radius 2 is 1.96 bits per heavy atom. The number of hydrogen-bond acceptors (Lipinski definition) is 3. The first-order chi connectivity index (χ1) is 11.2. The number of aromatic nitrogens is 2. The summed E-state index contributed by atoms with van der Waals surface area (Å²) in [6.45, 7) is 0. The third-order valence-corrected chi connectivity index (χ3v) is 5.49. The third-order valence-electron chi connectivity index (χ3n) is 3.99. The molecule has 1 atom stereocenters. The molecule has 1 aliphatic carbocycles. The lowest BCUT2D eigenvalue weighted by Crippen LogP contribution is -2.33. The number of halogens is 3. The second-order valence-corrected chi connectivity index (χ2v) is 7.51. The van der Waals surface area contributed by atoms with Gasteiger partial charge in [0.05, 0.1) is 16.5 Å². The van der Waals surface area contributed by atoms with Crippen LogP contribution in [0.25, 0.3) is 0 Å². The SMILES string of the molecule is Cn1ccnc1C(NS(=O)(=O)c1ccccc1C(F)(F)F)C1CC1. The van der Waals surface area contributed by atoms with Crippen LogP contribution in [0, 0.1) is 5.92 Å². The molecule has 24 heavy (non-hydrogen) atoms. The summed E-state index contributed by atoms with van der Waals surface area (Å²) >= 11 is 0. The van der Waals surface area contributed by atoms with E-state index in [1.54, 1.807) is 17.8 Å². The van der Waals surface area contributed by atoms with Gasteiger partial charge >= 0.3 is 6.18 Å². The van der Waals surface area contributed by atoms with Crippen LogP contribution in [0.15, 0.2) is 41.6 Å². The molecule has 1 unspecified atom stereocenters. The summed E-state index contributed by atoms with van der Waals surface area (Å²) in [6, 6.07) is 3.53. The van der Waals surface area contributed by atoms with Gasteiger partial charge in [0, 0.05) is 19.4 Å². The van der Waals surface area contributed by atoms with Crippen LogP contribution < -0.4 is 4.72 Å². The third kappa shape index (κ3) is 3.32. The molecule has 2 aromatic rings. The van der Waals surface area contributed by atoms with Gasteiger partial charge in [-0.05, 0) is 30.9 Å². The van der Waals surface area contributed by atoms with E-state index in [-0.39, 0.29) is 5.92 Å². The van der Waals surface area contributed by atoms with Crippen molar-refractivity contribution in [3.05, 3.63) is 48.0 Å². The van der Waals surface area contributed by atoms with Crippen molar-refractivity contribution in [2.45, 2.75) is 30.0 Å². The number of benzene rings is 1. The molecule has 0 spiro atoms. The summed E-state index contributed by atoms with van der Waals surface area (Å²) in [5.41, 5.74) is -1.17. The van der Waals surface area contributed by atoms with Gasteiger partial charge in [-0.3, -0.25) is 0 Å². The highest BCUT2D eigenvalue weighted by atomic mass is 32.2. The van der Waals surface area contributed by atoms with Gasteiger partial charge in [-0.25, -0.2) is 18.1 Å². The van der Waals surface area contributed by atoms with Crippen LogP contribution in [0.4, 0.5) is 13.2 Å². The molecule has 1 N–H and O–H groups in total. The normalized spacial score (nSPS) is 17.0. The average molecular weight is 359 g/mol. The Balaban J connectivity index is 1.98. The smallest absolute Gasteiger partial charge is 0.337 e. The van der Waals surface area contributed by atoms with Crippen LogP contribution in [-0.2, 0) is 23.2 Å². The lowest BCUT2D eigenvalue weighted by Gasteiger charge is -2.20. The summed E-state index contributed by atoms with van der Waals surface area (Å²) in [7, 11) is -2.63. The molecule has 1 aromatic carbocycles. The number of aryl methyl sites for hydroxylation is 1. The molecule has 5 nitrogen and oxygen atoms in total. The van der Waals surface area contributed by atoms with Crippen molar-refractivity contribution < 1.29 is 21.6 Å². The van der Waals surface area contributed by atoms with Gasteiger partial charge in [0.2, 0.25) is 10.0 Å². The van der Waals surface area contributed by atoms with Crippen molar-refractivity contribution in [1.29, 1.82) is 0 Å². The van der Waals surface area contributed by atoms with E-state index in [2.05, 4.69) is 9.71 Å². The molecule has 1 aliphatic rings. The van der Waals surface area contributed by atoms with Gasteiger partial charge in [0.1, 0.15) is 5.82 Å². The molecule has 1 heterocycles. The van der Waals surface area contributed by atoms with Crippen molar-refractivity contribution in [1.82, 2.24) is 14.3 Å². The summed E-state index contributed by atoms with van der Waals surface area (Å²) in [5.74, 6) is 0.532. The van der Waals surface area contributed by atoms with Crippen molar-refractivity contribution in [2.75, 3.05) is 0 Å². The molecule has 0 saturated heterocycles. The molecule has 1 saturated carbocycles. The number of imidazole rings is 1. The topological polar surface area (TPSA) is 64.0 Å². The lowest BCUT2D eigenvalue weighted by atomic mass is 10.2. The predicted octanol–water partition coefficient (Wildman–Crippen LogP) is 2.87. The zero-order valence-electron chi connectivity index (χ0n) is 12.8. The summed E-state index contributed by atoms with van der Waals surface area (Å²) in [5, 5.41) is 0. The number of nitrogens with zero attached hydrogens (tertiary/aromatic N) is 2. The summed E-state index contributed by atoms with van der Waals surface area (Å²) in [6.07, 6.45) is 0.0664. The Bertz CT molecular complexity index is 842. The van der Waals surface area contributed by atoms with Crippen LogP contribution >= 0.6 is 0 Å². The van der Waals surface area contributed by atoms with Crippen LogP contribution in [-0.4, -0.2) is 18.0 Å². The van der Waals surface area contributed by atoms with E-state index < -0.39 is 32.7 Å². The van der Waals surface area contributed by atoms with E-state index in [1.165, 1.54) is 18.3 Å². The molecule has 3 rings (SSSR count). The van der Waals surface area contributed by atoms with E-state index in [0.717, 1.165) is 25.0 Å². The van der Waals surface area contributed by atoms with E-state index in [1.807, 2.05) is 0 Å². The molecule has 130 valence electrons. The molecule has 1 aromatic heterocycles. The van der Waals surface area contributed by atoms with Crippen molar-refractivity contribution in [2.24, 2.45) is 13.0 Å². The molecular formula is C15H16F3N3O2S. The molecular weight excluding hydrogens is 343 g/mol. The maximum absolute atomic E-state index is 13.1. The number of hydrogen-bond donors (Lipinski definition) is 1. The largest absolute Gasteiger partial charge is 0.417 e. The van der Waals surface area contributed by atoms with E-state index in [9.17, 15) is 21.6 Å². The first-order valence-electron chi connectivity index (χ1n) is 7.36. The second-order valence-electron chi connectivity index (χ2n) is 5.83. The summed E-state index contributed by atoms with van der Waals surface area (Å²) in [4.78, 5) is 3.37. The fourth-order valence-electron chi connectivity index (χ4n) is 2.63. The maximum Gasteiger partial charge on any atom is 0.417 e. The Hall–Kier alpha value is -1.87. The van der Waals surface area contributed by atoms with Gasteiger partial charge in [-0.2, -0.15) is 13.2 Å². The van der Waals surface area contributed by atoms with Gasteiger partial charge in [-0.1, -0.05) is 12.1 Å². The Labute approximate surface area is 137 Å². The molecule has 1 fully saturated rings. The Morgan fingerprint density at radius 1 is 1.29 bits per heavy atom. The van der Waals surface area contributed by atoms with Crippen molar-refractivity contribution in [3.63, 3.8) is 0 Å². The zero-order chi connectivity index (χ0) is 17.5. The van der Waals surface area contributed by atoms with Crippen molar-refractivity contribution in [3.8, 4) is 0 Å². The minimum atomic E-state index is -4.75. The fourth-order valence-corrected chi connectivity index (χ4v) is 4.12. The van der Waals surface area contributed by atoms with Crippen molar-refractivity contribution >= 4 is 10.0 Å². The van der Waals surface area contributed by atoms with Crippen LogP contribution in [0.1, 0.15) is 30.3 Å². The standard InChI is InChI=1S/C15H16F3N3O2S/c1-21-9-8-19-14(21)13(10-6-7-10)20-24(22,23)12-5-3-2-4-11(12)15(16,17)18/h2-5,8-10,13,20H,6-7H2,1H3. The molecule has 9 heteroatoms. The van der Waals surface area contributed by atoms with Gasteiger partial charge < -0.3 is 4.57 Å². The van der Waals surface area contributed by atoms with Gasteiger partial charge in [-0.15, -0.1) is 0 Å². The van der Waals surface area contributed by atoms with E-state index in [0.29, 0.717) is 5.82 Å². The van der Waals surface area contributed by atoms with Gasteiger partial charge in [0.25, 0.3) is 0 Å². The highest BCUT2D eigenvalue weighted by Gasteiger charge is 2.41. The fraction of sp³-hybridized carbons (Fsp3) is 0.400. The first-order valence-corrected chi connectivity index (χ1v) is 8.84.